The first-order valence-electron chi connectivity index (χ1n) is 11.8. The van der Waals surface area contributed by atoms with E-state index in [0.717, 1.165) is 47.9 Å². The number of hydrogen-bond donors (Lipinski definition) is 2. The average Bonchev–Trinajstić information content (AvgIpc) is 3.63. The number of H-pyrrole nitrogens is 1. The van der Waals surface area contributed by atoms with E-state index < -0.39 is 11.5 Å². The molecular formula is C26H30N4O4. The van der Waals surface area contributed by atoms with Crippen molar-refractivity contribution in [3.05, 3.63) is 54.2 Å². The Balaban J connectivity index is 1.44. The molecule has 2 aromatic carbocycles. The molecule has 178 valence electrons. The van der Waals surface area contributed by atoms with Crippen LogP contribution in [-0.4, -0.2) is 59.8 Å². The number of anilines is 1. The number of carbonyl (C=O) groups is 2. The largest absolute Gasteiger partial charge is 0.497 e. The summed E-state index contributed by atoms with van der Waals surface area (Å²) >= 11 is 0. The summed E-state index contributed by atoms with van der Waals surface area (Å²) in [7, 11) is 3.27. The molecule has 2 N–H and O–H groups in total. The van der Waals surface area contributed by atoms with Crippen molar-refractivity contribution < 1.29 is 19.1 Å². The number of fused-ring (bicyclic) bond motifs is 1. The van der Waals surface area contributed by atoms with Crippen molar-refractivity contribution >= 4 is 28.4 Å². The van der Waals surface area contributed by atoms with E-state index in [9.17, 15) is 9.59 Å². The van der Waals surface area contributed by atoms with Crippen LogP contribution in [0.2, 0.25) is 0 Å². The Labute approximate surface area is 198 Å². The maximum absolute atomic E-state index is 14.2. The lowest BCUT2D eigenvalue weighted by Gasteiger charge is -2.35. The van der Waals surface area contributed by atoms with Gasteiger partial charge in [0.25, 0.3) is 0 Å². The summed E-state index contributed by atoms with van der Waals surface area (Å²) in [5, 5.41) is 10.9. The summed E-state index contributed by atoms with van der Waals surface area (Å²) < 4.78 is 10.9. The molecule has 1 saturated heterocycles. The van der Waals surface area contributed by atoms with Crippen molar-refractivity contribution in [2.45, 2.75) is 49.7 Å². The molecule has 2 atom stereocenters. The van der Waals surface area contributed by atoms with Crippen LogP contribution in [0.3, 0.4) is 0 Å². The Morgan fingerprint density at radius 2 is 1.88 bits per heavy atom. The molecule has 3 aromatic rings. The number of carbonyl (C=O) groups excluding carboxylic acids is 2. The maximum Gasteiger partial charge on any atom is 0.247 e. The van der Waals surface area contributed by atoms with Gasteiger partial charge in [-0.15, -0.1) is 0 Å². The molecule has 1 aliphatic heterocycles. The number of methoxy groups -OCH3 is 2. The highest BCUT2D eigenvalue weighted by Crippen LogP contribution is 2.44. The van der Waals surface area contributed by atoms with Crippen molar-refractivity contribution in [3.8, 4) is 5.75 Å². The molecule has 8 heteroatoms. The number of benzene rings is 2. The van der Waals surface area contributed by atoms with E-state index in [-0.39, 0.29) is 17.9 Å². The van der Waals surface area contributed by atoms with E-state index in [2.05, 4.69) is 15.5 Å². The van der Waals surface area contributed by atoms with Gasteiger partial charge in [0.15, 0.2) is 0 Å². The van der Waals surface area contributed by atoms with Crippen LogP contribution in [0.25, 0.3) is 10.9 Å². The lowest BCUT2D eigenvalue weighted by Crippen LogP contribution is -2.51. The number of aromatic amines is 1. The van der Waals surface area contributed by atoms with E-state index in [1.165, 1.54) is 0 Å². The van der Waals surface area contributed by atoms with Gasteiger partial charge >= 0.3 is 0 Å². The van der Waals surface area contributed by atoms with Gasteiger partial charge in [0.1, 0.15) is 11.8 Å². The SMILES string of the molecule is COc1ccc(C2(C(=O)N3CC(OC)C[C@@H]3C(=O)Nc3cccc4[nH]ncc34)CCCC2)cc1. The standard InChI is InChI=1S/C26H30N4O4/c1-33-18-10-8-17(9-11-18)26(12-3-4-13-26)25(32)30-16-19(34-2)14-23(30)24(31)28-21-6-5-7-22-20(21)15-27-29-22/h5-11,15,19,23H,3-4,12-14,16H2,1-2H3,(H,27,29)(H,28,31)/t19?,23-/m1/s1. The summed E-state index contributed by atoms with van der Waals surface area (Å²) in [4.78, 5) is 29.4. The number of hydrogen-bond acceptors (Lipinski definition) is 5. The zero-order valence-corrected chi connectivity index (χ0v) is 19.5. The van der Waals surface area contributed by atoms with Crippen molar-refractivity contribution in [1.29, 1.82) is 0 Å². The average molecular weight is 463 g/mol. The Kier molecular flexibility index (Phi) is 6.00. The lowest BCUT2D eigenvalue weighted by atomic mass is 9.77. The van der Waals surface area contributed by atoms with Crippen LogP contribution in [-0.2, 0) is 19.7 Å². The van der Waals surface area contributed by atoms with Crippen molar-refractivity contribution in [1.82, 2.24) is 15.1 Å². The lowest BCUT2D eigenvalue weighted by molar-refractivity contribution is -0.142. The van der Waals surface area contributed by atoms with E-state index in [4.69, 9.17) is 9.47 Å². The first-order valence-corrected chi connectivity index (χ1v) is 11.8. The van der Waals surface area contributed by atoms with Gasteiger partial charge in [-0.25, -0.2) is 0 Å². The van der Waals surface area contributed by atoms with Gasteiger partial charge < -0.3 is 19.7 Å². The molecule has 5 rings (SSSR count). The first-order chi connectivity index (χ1) is 16.6. The minimum atomic E-state index is -0.627. The van der Waals surface area contributed by atoms with E-state index in [1.807, 2.05) is 42.5 Å². The second-order valence-corrected chi connectivity index (χ2v) is 9.21. The van der Waals surface area contributed by atoms with E-state index in [1.54, 1.807) is 25.3 Å². The van der Waals surface area contributed by atoms with Crippen LogP contribution < -0.4 is 10.1 Å². The third kappa shape index (κ3) is 3.81. The first kappa shape index (κ1) is 22.4. The summed E-state index contributed by atoms with van der Waals surface area (Å²) in [6.07, 6.45) is 5.49. The number of amides is 2. The van der Waals surface area contributed by atoms with Gasteiger partial charge in [-0.05, 0) is 42.7 Å². The van der Waals surface area contributed by atoms with Gasteiger partial charge in [0.05, 0.1) is 36.0 Å². The predicted molar refractivity (Wildman–Crippen MR) is 129 cm³/mol. The minimum absolute atomic E-state index is 0.0105. The molecule has 1 aromatic heterocycles. The van der Waals surface area contributed by atoms with Crippen LogP contribution in [0.1, 0.15) is 37.7 Å². The summed E-state index contributed by atoms with van der Waals surface area (Å²) in [6.45, 7) is 0.404. The molecule has 1 aliphatic carbocycles. The summed E-state index contributed by atoms with van der Waals surface area (Å²) in [5.74, 6) is 0.566. The number of ether oxygens (including phenoxy) is 2. The minimum Gasteiger partial charge on any atom is -0.497 e. The Bertz CT molecular complexity index is 1180. The van der Waals surface area contributed by atoms with Crippen molar-refractivity contribution in [2.24, 2.45) is 0 Å². The zero-order chi connectivity index (χ0) is 23.7. The molecule has 0 radical (unpaired) electrons. The predicted octanol–water partition coefficient (Wildman–Crippen LogP) is 3.64. The molecule has 8 nitrogen and oxygen atoms in total. The second kappa shape index (κ2) is 9.10. The second-order valence-electron chi connectivity index (χ2n) is 9.21. The fourth-order valence-electron chi connectivity index (χ4n) is 5.52. The fraction of sp³-hybridized carbons (Fsp3) is 0.423. The molecule has 1 saturated carbocycles. The normalized spacial score (nSPS) is 21.6. The molecule has 2 aliphatic rings. The molecule has 2 heterocycles. The number of rotatable bonds is 6. The van der Waals surface area contributed by atoms with Gasteiger partial charge in [0, 0.05) is 25.5 Å². The van der Waals surface area contributed by atoms with Gasteiger partial charge in [0.2, 0.25) is 11.8 Å². The maximum atomic E-state index is 14.2. The number of nitrogens with zero attached hydrogens (tertiary/aromatic N) is 2. The Morgan fingerprint density at radius 1 is 1.12 bits per heavy atom. The quantitative estimate of drug-likeness (QED) is 0.583. The van der Waals surface area contributed by atoms with Crippen LogP contribution in [0.5, 0.6) is 5.75 Å². The topological polar surface area (TPSA) is 96.5 Å². The molecule has 0 bridgehead atoms. The molecule has 0 spiro atoms. The Hall–Kier alpha value is -3.39. The monoisotopic (exact) mass is 462 g/mol. The molecule has 2 fully saturated rings. The van der Waals surface area contributed by atoms with Crippen LogP contribution >= 0.6 is 0 Å². The summed E-state index contributed by atoms with van der Waals surface area (Å²) in [6, 6.07) is 12.8. The molecule has 1 unspecified atom stereocenters. The zero-order valence-electron chi connectivity index (χ0n) is 19.5. The highest BCUT2D eigenvalue weighted by atomic mass is 16.5. The Morgan fingerprint density at radius 3 is 2.59 bits per heavy atom. The number of aromatic nitrogens is 2. The highest BCUT2D eigenvalue weighted by molar-refractivity contribution is 6.04. The number of likely N-dealkylation sites (tertiary alicyclic amines) is 1. The molecular weight excluding hydrogens is 432 g/mol. The van der Waals surface area contributed by atoms with Gasteiger partial charge in [-0.1, -0.05) is 31.0 Å². The van der Waals surface area contributed by atoms with Gasteiger partial charge in [-0.3, -0.25) is 14.7 Å². The smallest absolute Gasteiger partial charge is 0.247 e. The van der Waals surface area contributed by atoms with Crippen LogP contribution in [0.4, 0.5) is 5.69 Å². The summed E-state index contributed by atoms with van der Waals surface area (Å²) in [5.41, 5.74) is 1.88. The highest BCUT2D eigenvalue weighted by Gasteiger charge is 2.50. The fourth-order valence-corrected chi connectivity index (χ4v) is 5.52. The van der Waals surface area contributed by atoms with E-state index in [0.29, 0.717) is 18.7 Å². The third-order valence-electron chi connectivity index (χ3n) is 7.41. The van der Waals surface area contributed by atoms with Crippen molar-refractivity contribution in [3.63, 3.8) is 0 Å². The van der Waals surface area contributed by atoms with Crippen molar-refractivity contribution in [2.75, 3.05) is 26.1 Å². The van der Waals surface area contributed by atoms with Gasteiger partial charge in [-0.2, -0.15) is 5.10 Å². The van der Waals surface area contributed by atoms with Crippen LogP contribution in [0.15, 0.2) is 48.7 Å². The molecule has 2 amide bonds. The molecule has 34 heavy (non-hydrogen) atoms. The number of nitrogens with one attached hydrogen (secondary N) is 2. The van der Waals surface area contributed by atoms with Crippen LogP contribution in [0, 0.1) is 0 Å². The van der Waals surface area contributed by atoms with E-state index >= 15 is 0 Å². The third-order valence-corrected chi connectivity index (χ3v) is 7.41.